The molecule has 2 rings (SSSR count). The number of amides is 1. The van der Waals surface area contributed by atoms with Crippen LogP contribution in [0.4, 0.5) is 0 Å². The third-order valence-electron chi connectivity index (χ3n) is 2.59. The Kier molecular flexibility index (Phi) is 3.76. The SMILES string of the molecule is O=C(CN1CCOCC1=O)c1ccccc1Cl. The molecule has 1 fully saturated rings. The summed E-state index contributed by atoms with van der Waals surface area (Å²) in [6, 6.07) is 6.84. The lowest BCUT2D eigenvalue weighted by Gasteiger charge is -2.26. The fourth-order valence-electron chi connectivity index (χ4n) is 1.66. The Hall–Kier alpha value is -1.39. The average molecular weight is 254 g/mol. The van der Waals surface area contributed by atoms with Crippen molar-refractivity contribution in [1.29, 1.82) is 0 Å². The fourth-order valence-corrected chi connectivity index (χ4v) is 1.90. The minimum absolute atomic E-state index is 0.0514. The van der Waals surface area contributed by atoms with Gasteiger partial charge in [0.05, 0.1) is 18.2 Å². The number of hydrogen-bond donors (Lipinski definition) is 0. The molecule has 0 aromatic heterocycles. The number of hydrogen-bond acceptors (Lipinski definition) is 3. The number of carbonyl (C=O) groups is 2. The molecule has 1 amide bonds. The van der Waals surface area contributed by atoms with Gasteiger partial charge in [-0.05, 0) is 12.1 Å². The molecule has 0 atom stereocenters. The van der Waals surface area contributed by atoms with Crippen molar-refractivity contribution in [2.75, 3.05) is 26.3 Å². The van der Waals surface area contributed by atoms with Gasteiger partial charge >= 0.3 is 0 Å². The number of ether oxygens (including phenoxy) is 1. The maximum Gasteiger partial charge on any atom is 0.249 e. The second kappa shape index (κ2) is 5.29. The Balaban J connectivity index is 2.06. The highest BCUT2D eigenvalue weighted by atomic mass is 35.5. The molecular formula is C12H12ClNO3. The normalized spacial score (nSPS) is 16.1. The smallest absolute Gasteiger partial charge is 0.249 e. The summed E-state index contributed by atoms with van der Waals surface area (Å²) in [5.41, 5.74) is 0.452. The van der Waals surface area contributed by atoms with Gasteiger partial charge in [-0.3, -0.25) is 9.59 Å². The molecule has 1 aliphatic rings. The van der Waals surface area contributed by atoms with Gasteiger partial charge in [-0.25, -0.2) is 0 Å². The highest BCUT2D eigenvalue weighted by molar-refractivity contribution is 6.34. The van der Waals surface area contributed by atoms with E-state index in [1.807, 2.05) is 0 Å². The number of carbonyl (C=O) groups excluding carboxylic acids is 2. The lowest BCUT2D eigenvalue weighted by atomic mass is 10.1. The van der Waals surface area contributed by atoms with Crippen LogP contribution in [-0.2, 0) is 9.53 Å². The minimum Gasteiger partial charge on any atom is -0.370 e. The fraction of sp³-hybridized carbons (Fsp3) is 0.333. The predicted octanol–water partition coefficient (Wildman–Crippen LogP) is 1.38. The van der Waals surface area contributed by atoms with E-state index in [0.29, 0.717) is 23.7 Å². The lowest BCUT2D eigenvalue weighted by molar-refractivity contribution is -0.141. The highest BCUT2D eigenvalue weighted by Gasteiger charge is 2.22. The van der Waals surface area contributed by atoms with Crippen LogP contribution in [0.2, 0.25) is 5.02 Å². The molecule has 1 saturated heterocycles. The van der Waals surface area contributed by atoms with E-state index in [4.69, 9.17) is 16.3 Å². The van der Waals surface area contributed by atoms with E-state index in [0.717, 1.165) is 0 Å². The van der Waals surface area contributed by atoms with Crippen molar-refractivity contribution >= 4 is 23.3 Å². The van der Waals surface area contributed by atoms with E-state index in [1.54, 1.807) is 24.3 Å². The monoisotopic (exact) mass is 253 g/mol. The van der Waals surface area contributed by atoms with Crippen LogP contribution in [0.5, 0.6) is 0 Å². The molecule has 90 valence electrons. The number of ketones is 1. The Morgan fingerprint density at radius 3 is 2.88 bits per heavy atom. The molecule has 4 nitrogen and oxygen atoms in total. The number of rotatable bonds is 3. The number of morpholine rings is 1. The molecule has 0 radical (unpaired) electrons. The van der Waals surface area contributed by atoms with Crippen LogP contribution < -0.4 is 0 Å². The number of benzene rings is 1. The van der Waals surface area contributed by atoms with Crippen molar-refractivity contribution < 1.29 is 14.3 Å². The largest absolute Gasteiger partial charge is 0.370 e. The zero-order valence-corrected chi connectivity index (χ0v) is 9.94. The molecule has 1 aliphatic heterocycles. The summed E-state index contributed by atoms with van der Waals surface area (Å²) in [4.78, 5) is 24.9. The van der Waals surface area contributed by atoms with Crippen LogP contribution in [0.15, 0.2) is 24.3 Å². The van der Waals surface area contributed by atoms with Crippen LogP contribution in [0.3, 0.4) is 0 Å². The van der Waals surface area contributed by atoms with Gasteiger partial charge in [-0.15, -0.1) is 0 Å². The van der Waals surface area contributed by atoms with Crippen molar-refractivity contribution in [1.82, 2.24) is 4.90 Å². The summed E-state index contributed by atoms with van der Waals surface area (Å²) in [5.74, 6) is -0.303. The molecule has 0 N–H and O–H groups in total. The van der Waals surface area contributed by atoms with E-state index in [2.05, 4.69) is 0 Å². The average Bonchev–Trinajstić information content (AvgIpc) is 2.32. The first-order valence-electron chi connectivity index (χ1n) is 5.32. The molecule has 17 heavy (non-hydrogen) atoms. The molecular weight excluding hydrogens is 242 g/mol. The van der Waals surface area contributed by atoms with Gasteiger partial charge in [0.2, 0.25) is 5.91 Å². The third kappa shape index (κ3) is 2.84. The van der Waals surface area contributed by atoms with E-state index < -0.39 is 0 Å². The van der Waals surface area contributed by atoms with Crippen molar-refractivity contribution in [2.45, 2.75) is 0 Å². The lowest BCUT2D eigenvalue weighted by Crippen LogP contribution is -2.44. The second-order valence-electron chi connectivity index (χ2n) is 3.77. The second-order valence-corrected chi connectivity index (χ2v) is 4.18. The topological polar surface area (TPSA) is 46.6 Å². The minimum atomic E-state index is -0.156. The van der Waals surface area contributed by atoms with Crippen LogP contribution in [0.1, 0.15) is 10.4 Å². The molecule has 0 saturated carbocycles. The summed E-state index contributed by atoms with van der Waals surface area (Å²) < 4.78 is 4.99. The van der Waals surface area contributed by atoms with Gasteiger partial charge in [0.15, 0.2) is 5.78 Å². The van der Waals surface area contributed by atoms with Crippen molar-refractivity contribution in [2.24, 2.45) is 0 Å². The Morgan fingerprint density at radius 2 is 2.18 bits per heavy atom. The van der Waals surface area contributed by atoms with Crippen LogP contribution >= 0.6 is 11.6 Å². The molecule has 0 bridgehead atoms. The van der Waals surface area contributed by atoms with Gasteiger partial charge in [-0.1, -0.05) is 23.7 Å². The molecule has 1 heterocycles. The van der Waals surface area contributed by atoms with Gasteiger partial charge < -0.3 is 9.64 Å². The molecule has 0 unspecified atom stereocenters. The van der Waals surface area contributed by atoms with Crippen LogP contribution in [0.25, 0.3) is 0 Å². The van der Waals surface area contributed by atoms with Crippen LogP contribution in [-0.4, -0.2) is 42.9 Å². The maximum atomic E-state index is 12.0. The van der Waals surface area contributed by atoms with Gasteiger partial charge in [0.25, 0.3) is 0 Å². The number of nitrogens with zero attached hydrogens (tertiary/aromatic N) is 1. The number of Topliss-reactive ketones (excluding diaryl/α,β-unsaturated/α-hetero) is 1. The summed E-state index contributed by atoms with van der Waals surface area (Å²) in [5, 5.41) is 0.415. The van der Waals surface area contributed by atoms with E-state index in [9.17, 15) is 9.59 Å². The maximum absolute atomic E-state index is 12.0. The van der Waals surface area contributed by atoms with Gasteiger partial charge in [-0.2, -0.15) is 0 Å². The quantitative estimate of drug-likeness (QED) is 0.765. The standard InChI is InChI=1S/C12H12ClNO3/c13-10-4-2-1-3-9(10)11(15)7-14-5-6-17-8-12(14)16/h1-4H,5-8H2. The molecule has 0 spiro atoms. The van der Waals surface area contributed by atoms with E-state index >= 15 is 0 Å². The molecule has 0 aliphatic carbocycles. The zero-order chi connectivity index (χ0) is 12.3. The first-order chi connectivity index (χ1) is 8.18. The van der Waals surface area contributed by atoms with Gasteiger partial charge in [0, 0.05) is 12.1 Å². The predicted molar refractivity (Wildman–Crippen MR) is 63.2 cm³/mol. The number of halogens is 1. The van der Waals surface area contributed by atoms with Crippen molar-refractivity contribution in [3.05, 3.63) is 34.9 Å². The summed E-state index contributed by atoms with van der Waals surface area (Å²) in [7, 11) is 0. The van der Waals surface area contributed by atoms with Crippen molar-refractivity contribution in [3.8, 4) is 0 Å². The Labute approximate surface area is 104 Å². The Bertz CT molecular complexity index is 447. The van der Waals surface area contributed by atoms with E-state index in [1.165, 1.54) is 4.90 Å². The van der Waals surface area contributed by atoms with Crippen LogP contribution in [0, 0.1) is 0 Å². The summed E-state index contributed by atoms with van der Waals surface area (Å²) >= 11 is 5.92. The first-order valence-corrected chi connectivity index (χ1v) is 5.69. The van der Waals surface area contributed by atoms with Gasteiger partial charge in [0.1, 0.15) is 6.61 Å². The Morgan fingerprint density at radius 1 is 1.41 bits per heavy atom. The van der Waals surface area contributed by atoms with E-state index in [-0.39, 0.29) is 24.8 Å². The summed E-state index contributed by atoms with van der Waals surface area (Å²) in [6.45, 7) is 1.04. The molecule has 1 aromatic carbocycles. The highest BCUT2D eigenvalue weighted by Crippen LogP contribution is 2.16. The molecule has 5 heteroatoms. The first kappa shape index (κ1) is 12.1. The third-order valence-corrected chi connectivity index (χ3v) is 2.92. The zero-order valence-electron chi connectivity index (χ0n) is 9.19. The van der Waals surface area contributed by atoms with Crippen molar-refractivity contribution in [3.63, 3.8) is 0 Å². The molecule has 1 aromatic rings. The summed E-state index contributed by atoms with van der Waals surface area (Å²) in [6.07, 6.45) is 0.